The molecule has 0 atom stereocenters. The molecule has 4 heteroatoms. The highest BCUT2D eigenvalue weighted by Gasteiger charge is 2.20. The van der Waals surface area contributed by atoms with Gasteiger partial charge in [0, 0.05) is 33.6 Å². The van der Waals surface area contributed by atoms with Crippen molar-refractivity contribution in [1.29, 1.82) is 0 Å². The van der Waals surface area contributed by atoms with Crippen LogP contribution in [0.2, 0.25) is 0 Å². The Hall–Kier alpha value is -0.780. The Kier molecular flexibility index (Phi) is 7.55. The first-order valence-electron chi connectivity index (χ1n) is 6.70. The van der Waals surface area contributed by atoms with Gasteiger partial charge in [0.05, 0.1) is 6.54 Å². The molecular weight excluding hydrogens is 361 g/mol. The van der Waals surface area contributed by atoms with Crippen molar-refractivity contribution >= 4 is 29.9 Å². The summed E-state index contributed by atoms with van der Waals surface area (Å²) in [4.78, 5) is 8.86. The van der Waals surface area contributed by atoms with Crippen LogP contribution < -0.4 is 0 Å². The molecule has 0 radical (unpaired) electrons. The summed E-state index contributed by atoms with van der Waals surface area (Å²) in [6, 6.07) is 8.74. The average molecular weight is 389 g/mol. The van der Waals surface area contributed by atoms with Crippen LogP contribution in [0, 0.1) is 6.92 Å². The summed E-state index contributed by atoms with van der Waals surface area (Å²) in [5, 5.41) is 0. The average Bonchev–Trinajstić information content (AvgIpc) is 2.28. The fourth-order valence-corrected chi connectivity index (χ4v) is 2.05. The van der Waals surface area contributed by atoms with Crippen LogP contribution in [0.15, 0.2) is 29.3 Å². The highest BCUT2D eigenvalue weighted by atomic mass is 127. The van der Waals surface area contributed by atoms with Gasteiger partial charge in [0.1, 0.15) is 0 Å². The largest absolute Gasteiger partial charge is 0.349 e. The van der Waals surface area contributed by atoms with Gasteiger partial charge < -0.3 is 9.80 Å². The summed E-state index contributed by atoms with van der Waals surface area (Å²) >= 11 is 0. The highest BCUT2D eigenvalue weighted by molar-refractivity contribution is 14.0. The van der Waals surface area contributed by atoms with Gasteiger partial charge in [-0.3, -0.25) is 4.99 Å². The first-order chi connectivity index (χ1) is 8.74. The summed E-state index contributed by atoms with van der Waals surface area (Å²) in [5.74, 6) is 1.00. The number of guanidine groups is 1. The number of aryl methyl sites for hydroxylation is 1. The standard InChI is InChI=1S/C16H27N3.HI/c1-13-8-10-14(11-9-13)16(2,3)12-17-15(18(4)5)19(6)7;/h8-11H,12H2,1-7H3;1H. The summed E-state index contributed by atoms with van der Waals surface area (Å²) in [5.41, 5.74) is 2.68. The lowest BCUT2D eigenvalue weighted by molar-refractivity contribution is 0.464. The van der Waals surface area contributed by atoms with Gasteiger partial charge in [0.2, 0.25) is 0 Å². The first kappa shape index (κ1) is 19.2. The van der Waals surface area contributed by atoms with Crippen molar-refractivity contribution in [3.63, 3.8) is 0 Å². The topological polar surface area (TPSA) is 18.8 Å². The second-order valence-corrected chi connectivity index (χ2v) is 6.15. The van der Waals surface area contributed by atoms with Crippen molar-refractivity contribution in [2.24, 2.45) is 4.99 Å². The lowest BCUT2D eigenvalue weighted by atomic mass is 9.84. The van der Waals surface area contributed by atoms with Crippen LogP contribution in [-0.2, 0) is 5.41 Å². The number of hydrogen-bond donors (Lipinski definition) is 0. The number of benzene rings is 1. The number of rotatable bonds is 3. The zero-order chi connectivity index (χ0) is 14.6. The van der Waals surface area contributed by atoms with E-state index in [9.17, 15) is 0 Å². The molecule has 1 rings (SSSR count). The molecule has 0 saturated carbocycles. The minimum absolute atomic E-state index is 0. The molecule has 0 N–H and O–H groups in total. The quantitative estimate of drug-likeness (QED) is 0.449. The van der Waals surface area contributed by atoms with E-state index in [2.05, 4.69) is 45.0 Å². The van der Waals surface area contributed by atoms with Crippen molar-refractivity contribution in [3.05, 3.63) is 35.4 Å². The van der Waals surface area contributed by atoms with E-state index in [-0.39, 0.29) is 29.4 Å². The Labute approximate surface area is 141 Å². The molecule has 0 saturated heterocycles. The van der Waals surface area contributed by atoms with Gasteiger partial charge in [-0.2, -0.15) is 0 Å². The molecule has 0 fully saturated rings. The van der Waals surface area contributed by atoms with E-state index in [0.29, 0.717) is 0 Å². The third-order valence-electron chi connectivity index (χ3n) is 3.25. The van der Waals surface area contributed by atoms with Crippen molar-refractivity contribution in [3.8, 4) is 0 Å². The molecule has 0 aliphatic heterocycles. The van der Waals surface area contributed by atoms with Crippen molar-refractivity contribution in [2.75, 3.05) is 34.7 Å². The zero-order valence-electron chi connectivity index (χ0n) is 13.8. The summed E-state index contributed by atoms with van der Waals surface area (Å²) in [6.07, 6.45) is 0. The Morgan fingerprint density at radius 1 is 1.00 bits per heavy atom. The van der Waals surface area contributed by atoms with Gasteiger partial charge in [-0.25, -0.2) is 0 Å². The Morgan fingerprint density at radius 3 is 1.85 bits per heavy atom. The maximum absolute atomic E-state index is 4.76. The number of nitrogens with zero attached hydrogens (tertiary/aromatic N) is 3. The van der Waals surface area contributed by atoms with Crippen molar-refractivity contribution in [2.45, 2.75) is 26.2 Å². The van der Waals surface area contributed by atoms with Crippen LogP contribution in [0.25, 0.3) is 0 Å². The summed E-state index contributed by atoms with van der Waals surface area (Å²) in [6.45, 7) is 7.38. The lowest BCUT2D eigenvalue weighted by Gasteiger charge is -2.27. The molecule has 0 aromatic heterocycles. The van der Waals surface area contributed by atoms with Gasteiger partial charge in [-0.15, -0.1) is 24.0 Å². The molecule has 1 aromatic rings. The number of hydrogen-bond acceptors (Lipinski definition) is 1. The van der Waals surface area contributed by atoms with Gasteiger partial charge >= 0.3 is 0 Å². The maximum Gasteiger partial charge on any atom is 0.195 e. The molecule has 20 heavy (non-hydrogen) atoms. The van der Waals surface area contributed by atoms with E-state index in [1.54, 1.807) is 0 Å². The van der Waals surface area contributed by atoms with Gasteiger partial charge in [0.25, 0.3) is 0 Å². The van der Waals surface area contributed by atoms with Crippen LogP contribution in [0.1, 0.15) is 25.0 Å². The molecule has 0 heterocycles. The molecule has 0 bridgehead atoms. The van der Waals surface area contributed by atoms with Crippen LogP contribution in [0.3, 0.4) is 0 Å². The van der Waals surface area contributed by atoms with E-state index in [1.165, 1.54) is 11.1 Å². The fraction of sp³-hybridized carbons (Fsp3) is 0.562. The highest BCUT2D eigenvalue weighted by Crippen LogP contribution is 2.24. The first-order valence-corrected chi connectivity index (χ1v) is 6.70. The summed E-state index contributed by atoms with van der Waals surface area (Å²) in [7, 11) is 8.10. The minimum atomic E-state index is 0. The molecule has 0 spiro atoms. The maximum atomic E-state index is 4.76. The Bertz CT molecular complexity index is 424. The fourth-order valence-electron chi connectivity index (χ4n) is 2.05. The molecule has 1 aromatic carbocycles. The predicted molar refractivity (Wildman–Crippen MR) is 99.3 cm³/mol. The molecule has 0 amide bonds. The normalized spacial score (nSPS) is 10.6. The van der Waals surface area contributed by atoms with E-state index in [4.69, 9.17) is 4.99 Å². The molecule has 3 nitrogen and oxygen atoms in total. The Morgan fingerprint density at radius 2 is 1.45 bits per heavy atom. The smallest absolute Gasteiger partial charge is 0.195 e. The predicted octanol–water partition coefficient (Wildman–Crippen LogP) is 3.37. The van der Waals surface area contributed by atoms with E-state index in [1.807, 2.05) is 38.0 Å². The van der Waals surface area contributed by atoms with E-state index < -0.39 is 0 Å². The third-order valence-corrected chi connectivity index (χ3v) is 3.25. The van der Waals surface area contributed by atoms with Gasteiger partial charge in [-0.1, -0.05) is 43.7 Å². The lowest BCUT2D eigenvalue weighted by Crippen LogP contribution is -2.36. The van der Waals surface area contributed by atoms with E-state index in [0.717, 1.165) is 12.5 Å². The van der Waals surface area contributed by atoms with Crippen molar-refractivity contribution in [1.82, 2.24) is 9.80 Å². The van der Waals surface area contributed by atoms with Crippen molar-refractivity contribution < 1.29 is 0 Å². The molecule has 114 valence electrons. The van der Waals surface area contributed by atoms with E-state index >= 15 is 0 Å². The second-order valence-electron chi connectivity index (χ2n) is 6.15. The molecule has 0 aliphatic rings. The van der Waals surface area contributed by atoms with Crippen LogP contribution in [0.5, 0.6) is 0 Å². The Balaban J connectivity index is 0.00000361. The monoisotopic (exact) mass is 389 g/mol. The molecule has 0 unspecified atom stereocenters. The van der Waals surface area contributed by atoms with Crippen LogP contribution >= 0.6 is 24.0 Å². The molecular formula is C16H28IN3. The zero-order valence-corrected chi connectivity index (χ0v) is 16.1. The number of halogens is 1. The van der Waals surface area contributed by atoms with Gasteiger partial charge in [0.15, 0.2) is 5.96 Å². The third kappa shape index (κ3) is 5.31. The van der Waals surface area contributed by atoms with Crippen LogP contribution in [0.4, 0.5) is 0 Å². The van der Waals surface area contributed by atoms with Crippen LogP contribution in [-0.4, -0.2) is 50.5 Å². The van der Waals surface area contributed by atoms with Gasteiger partial charge in [-0.05, 0) is 12.5 Å². The second kappa shape index (κ2) is 7.86. The summed E-state index contributed by atoms with van der Waals surface area (Å²) < 4.78 is 0. The minimum Gasteiger partial charge on any atom is -0.349 e. The molecule has 0 aliphatic carbocycles. The SMILES string of the molecule is Cc1ccc(C(C)(C)CN=C(N(C)C)N(C)C)cc1.I. The number of aliphatic imine (C=N–C) groups is 1.